The Kier molecular flexibility index (Phi) is 3.76. The van der Waals surface area contributed by atoms with E-state index in [9.17, 15) is 19.2 Å². The third-order valence-corrected chi connectivity index (χ3v) is 2.43. The number of hydrogen-bond acceptors (Lipinski definition) is 4. The van der Waals surface area contributed by atoms with Crippen LogP contribution in [0.1, 0.15) is 20.8 Å². The molecule has 0 aromatic carbocycles. The molecule has 0 aliphatic heterocycles. The van der Waals surface area contributed by atoms with Crippen LogP contribution in [0.25, 0.3) is 0 Å². The fraction of sp³-hybridized carbons (Fsp3) is 0.500. The van der Waals surface area contributed by atoms with E-state index in [1.54, 1.807) is 17.4 Å². The summed E-state index contributed by atoms with van der Waals surface area (Å²) in [6.45, 7) is 3.19. The summed E-state index contributed by atoms with van der Waals surface area (Å²) in [7, 11) is 0. The van der Waals surface area contributed by atoms with Gasteiger partial charge in [0, 0.05) is 0 Å². The van der Waals surface area contributed by atoms with Gasteiger partial charge >= 0.3 is 84.6 Å². The second-order valence-corrected chi connectivity index (χ2v) is 3.36. The van der Waals surface area contributed by atoms with Gasteiger partial charge in [-0.05, 0) is 0 Å². The zero-order valence-electron chi connectivity index (χ0n) is 7.58. The molecule has 0 amide bonds. The number of ketones is 3. The SMILES string of the molecule is CC(=O)C(C(C)=O)(C(C)=O)[C](=O)[V]. The molecule has 0 fully saturated rings. The van der Waals surface area contributed by atoms with Crippen LogP contribution in [0.3, 0.4) is 0 Å². The number of rotatable bonds is 4. The summed E-state index contributed by atoms with van der Waals surface area (Å²) in [5, 5.41) is 0. The molecular formula is C8H9O4V. The van der Waals surface area contributed by atoms with Gasteiger partial charge in [-0.25, -0.2) is 0 Å². The Morgan fingerprint density at radius 1 is 0.846 bits per heavy atom. The third-order valence-electron chi connectivity index (χ3n) is 1.91. The Hall–Kier alpha value is -0.736. The van der Waals surface area contributed by atoms with Crippen LogP contribution in [0.15, 0.2) is 0 Å². The first-order valence-electron chi connectivity index (χ1n) is 3.54. The normalized spacial score (nSPS) is 10.7. The quantitative estimate of drug-likeness (QED) is 0.616. The van der Waals surface area contributed by atoms with Crippen molar-refractivity contribution >= 4 is 21.8 Å². The van der Waals surface area contributed by atoms with Crippen molar-refractivity contribution in [1.82, 2.24) is 0 Å². The first-order valence-corrected chi connectivity index (χ1v) is 4.24. The van der Waals surface area contributed by atoms with Crippen molar-refractivity contribution in [1.29, 1.82) is 0 Å². The molecule has 0 aromatic rings. The number of Topliss-reactive ketones (excluding diaryl/α,β-unsaturated/α-hetero) is 3. The van der Waals surface area contributed by atoms with Crippen molar-refractivity contribution in [2.45, 2.75) is 20.8 Å². The molecule has 0 N–H and O–H groups in total. The molecule has 0 aliphatic carbocycles. The Bertz CT molecular complexity index is 231. The van der Waals surface area contributed by atoms with Gasteiger partial charge in [-0.2, -0.15) is 0 Å². The van der Waals surface area contributed by atoms with E-state index in [2.05, 4.69) is 0 Å². The minimum absolute atomic E-state index is 0.724. The van der Waals surface area contributed by atoms with Crippen molar-refractivity contribution in [2.24, 2.45) is 5.41 Å². The van der Waals surface area contributed by atoms with Crippen LogP contribution in [-0.4, -0.2) is 21.8 Å². The van der Waals surface area contributed by atoms with E-state index in [1.807, 2.05) is 0 Å². The first kappa shape index (κ1) is 12.3. The van der Waals surface area contributed by atoms with Gasteiger partial charge in [0.1, 0.15) is 0 Å². The van der Waals surface area contributed by atoms with E-state index >= 15 is 0 Å². The summed E-state index contributed by atoms with van der Waals surface area (Å²) in [6.07, 6.45) is 0. The van der Waals surface area contributed by atoms with Crippen LogP contribution in [0.5, 0.6) is 0 Å². The molecule has 0 aliphatic rings. The zero-order chi connectivity index (χ0) is 10.8. The molecule has 13 heavy (non-hydrogen) atoms. The predicted molar refractivity (Wildman–Crippen MR) is 39.5 cm³/mol. The van der Waals surface area contributed by atoms with Gasteiger partial charge in [-0.1, -0.05) is 0 Å². The van der Waals surface area contributed by atoms with E-state index in [1.165, 1.54) is 0 Å². The molecule has 0 unspecified atom stereocenters. The summed E-state index contributed by atoms with van der Waals surface area (Å²) >= 11 is 1.55. The van der Waals surface area contributed by atoms with Crippen molar-refractivity contribution in [3.05, 3.63) is 0 Å². The molecule has 0 saturated heterocycles. The fourth-order valence-corrected chi connectivity index (χ4v) is 1.93. The topological polar surface area (TPSA) is 68.3 Å². The number of hydrogen-bond donors (Lipinski definition) is 0. The van der Waals surface area contributed by atoms with Gasteiger partial charge in [0.05, 0.1) is 0 Å². The maximum absolute atomic E-state index is 11.1. The Morgan fingerprint density at radius 3 is 1.08 bits per heavy atom. The summed E-state index contributed by atoms with van der Waals surface area (Å²) in [6, 6.07) is 0. The van der Waals surface area contributed by atoms with Gasteiger partial charge in [-0.3, -0.25) is 0 Å². The Balaban J connectivity index is 5.60. The van der Waals surface area contributed by atoms with Crippen molar-refractivity contribution in [3.63, 3.8) is 0 Å². The van der Waals surface area contributed by atoms with Crippen molar-refractivity contribution in [3.8, 4) is 0 Å². The van der Waals surface area contributed by atoms with E-state index in [0.717, 1.165) is 20.8 Å². The summed E-state index contributed by atoms with van der Waals surface area (Å²) < 4.78 is -0.771. The average molecular weight is 220 g/mol. The molecule has 0 atom stereocenters. The van der Waals surface area contributed by atoms with Crippen molar-refractivity contribution in [2.75, 3.05) is 0 Å². The second kappa shape index (κ2) is 3.98. The van der Waals surface area contributed by atoms with Gasteiger partial charge in [-0.15, -0.1) is 0 Å². The van der Waals surface area contributed by atoms with Crippen LogP contribution < -0.4 is 0 Å². The average Bonchev–Trinajstić information content (AvgIpc) is 1.82. The van der Waals surface area contributed by atoms with Gasteiger partial charge in [0.2, 0.25) is 0 Å². The molecule has 5 heteroatoms. The molecule has 70 valence electrons. The monoisotopic (exact) mass is 220 g/mol. The molecule has 0 rings (SSSR count). The number of carbonyl (C=O) groups excluding carboxylic acids is 4. The first-order chi connectivity index (χ1) is 5.77. The van der Waals surface area contributed by atoms with Crippen LogP contribution in [0, 0.1) is 5.41 Å². The van der Waals surface area contributed by atoms with Gasteiger partial charge in [0.15, 0.2) is 0 Å². The molecule has 4 nitrogen and oxygen atoms in total. The molecule has 0 saturated carbocycles. The standard InChI is InChI=1S/C8H9O4.V/c1-5(10)8(4-9,6(2)11)7(3)12;/h1-3H3;. The Labute approximate surface area is 85.0 Å². The number of carbonyl (C=O) groups is 4. The van der Waals surface area contributed by atoms with Crippen molar-refractivity contribution < 1.29 is 36.6 Å². The summed E-state index contributed by atoms with van der Waals surface area (Å²) in [5.74, 6) is -2.17. The Morgan fingerprint density at radius 2 is 1.08 bits per heavy atom. The van der Waals surface area contributed by atoms with E-state index in [0.29, 0.717) is 0 Å². The molecule has 0 heterocycles. The van der Waals surface area contributed by atoms with Crippen LogP contribution >= 0.6 is 0 Å². The fourth-order valence-electron chi connectivity index (χ4n) is 1.20. The summed E-state index contributed by atoms with van der Waals surface area (Å²) in [4.78, 5) is 44.5. The van der Waals surface area contributed by atoms with Gasteiger partial charge < -0.3 is 0 Å². The second-order valence-electron chi connectivity index (χ2n) is 2.72. The predicted octanol–water partition coefficient (Wildman–Crippen LogP) is -0.187. The molecule has 0 aromatic heterocycles. The van der Waals surface area contributed by atoms with Crippen LogP contribution in [0.4, 0.5) is 0 Å². The molecule has 0 radical (unpaired) electrons. The van der Waals surface area contributed by atoms with Crippen LogP contribution in [-0.2, 0) is 36.6 Å². The third kappa shape index (κ3) is 1.79. The maximum atomic E-state index is 11.1. The minimum atomic E-state index is -2.08. The molecular weight excluding hydrogens is 211 g/mol. The van der Waals surface area contributed by atoms with E-state index in [4.69, 9.17) is 0 Å². The van der Waals surface area contributed by atoms with E-state index in [-0.39, 0.29) is 0 Å². The van der Waals surface area contributed by atoms with E-state index < -0.39 is 27.3 Å². The molecule has 0 bridgehead atoms. The van der Waals surface area contributed by atoms with Crippen LogP contribution in [0.2, 0.25) is 0 Å². The van der Waals surface area contributed by atoms with Gasteiger partial charge in [0.25, 0.3) is 0 Å². The zero-order valence-corrected chi connectivity index (χ0v) is 8.98. The molecule has 0 spiro atoms. The summed E-state index contributed by atoms with van der Waals surface area (Å²) in [5.41, 5.74) is -2.08.